The highest BCUT2D eigenvalue weighted by Gasteiger charge is 2.46. The lowest BCUT2D eigenvalue weighted by molar-refractivity contribution is -0.528. The molecule has 0 aromatic carbocycles. The van der Waals surface area contributed by atoms with E-state index in [1.807, 2.05) is 0 Å². The van der Waals surface area contributed by atoms with E-state index in [1.54, 1.807) is 0 Å². The third-order valence-corrected chi connectivity index (χ3v) is 5.77. The summed E-state index contributed by atoms with van der Waals surface area (Å²) >= 11 is 0. The van der Waals surface area contributed by atoms with Gasteiger partial charge >= 0.3 is 24.5 Å². The van der Waals surface area contributed by atoms with Crippen molar-refractivity contribution in [3.63, 3.8) is 0 Å². The van der Waals surface area contributed by atoms with Crippen molar-refractivity contribution in [2.24, 2.45) is 0 Å². The summed E-state index contributed by atoms with van der Waals surface area (Å²) in [5.74, 6) is -2.43. The molecule has 0 amide bonds. The maximum absolute atomic E-state index is 12.9. The summed E-state index contributed by atoms with van der Waals surface area (Å²) in [5.41, 5.74) is 0. The second kappa shape index (κ2) is 22.5. The van der Waals surface area contributed by atoms with Gasteiger partial charge in [0.25, 0.3) is 0 Å². The molecule has 254 valence electrons. The number of ether oxygens (including phenoxy) is 3. The van der Waals surface area contributed by atoms with Crippen LogP contribution in [0, 0.1) is 0 Å². The quantitative estimate of drug-likeness (QED) is 0.0293. The lowest BCUT2D eigenvalue weighted by atomic mass is 10.1. The number of alkyl halides is 11. The van der Waals surface area contributed by atoms with Crippen LogP contribution in [0.1, 0.15) is 96.3 Å². The largest absolute Gasteiger partial charge is 0.389 e. The summed E-state index contributed by atoms with van der Waals surface area (Å²) in [6.07, 6.45) is -18.4. The maximum Gasteiger partial charge on any atom is 0.389 e. The molecule has 0 bridgehead atoms. The zero-order valence-corrected chi connectivity index (χ0v) is 23.6. The Balaban J connectivity index is 5.85. The Bertz CT molecular complexity index is 633. The molecule has 0 aliphatic rings. The van der Waals surface area contributed by atoms with Crippen LogP contribution in [0.2, 0.25) is 0 Å². The normalized spacial score (nSPS) is 15.2. The van der Waals surface area contributed by atoms with E-state index >= 15 is 0 Å². The van der Waals surface area contributed by atoms with Crippen LogP contribution in [0.4, 0.5) is 48.3 Å². The minimum Gasteiger partial charge on any atom is -0.370 e. The average molecular weight is 645 g/mol. The highest BCUT2D eigenvalue weighted by molar-refractivity contribution is 4.74. The first-order chi connectivity index (χ1) is 19.6. The number of rotatable bonds is 27. The Hall–Kier alpha value is -0.970. The Morgan fingerprint density at radius 3 is 1.45 bits per heavy atom. The highest BCUT2D eigenvalue weighted by Crippen LogP contribution is 2.32. The van der Waals surface area contributed by atoms with Gasteiger partial charge in [0.1, 0.15) is 6.10 Å². The Morgan fingerprint density at radius 1 is 0.452 bits per heavy atom. The van der Waals surface area contributed by atoms with Crippen LogP contribution < -0.4 is 0 Å². The molecule has 5 nitrogen and oxygen atoms in total. The van der Waals surface area contributed by atoms with E-state index in [0.29, 0.717) is 32.1 Å². The molecule has 0 aromatic heterocycles. The second-order valence-corrected chi connectivity index (χ2v) is 9.72. The van der Waals surface area contributed by atoms with Crippen LogP contribution in [-0.2, 0) is 24.0 Å². The van der Waals surface area contributed by atoms with E-state index in [1.165, 1.54) is 0 Å². The van der Waals surface area contributed by atoms with E-state index in [-0.39, 0.29) is 38.9 Å². The van der Waals surface area contributed by atoms with E-state index in [0.717, 1.165) is 0 Å². The molecule has 0 aliphatic heterocycles. The topological polar surface area (TPSA) is 46.2 Å². The van der Waals surface area contributed by atoms with Crippen LogP contribution >= 0.6 is 0 Å². The van der Waals surface area contributed by atoms with Gasteiger partial charge in [-0.3, -0.25) is 8.78 Å². The zero-order chi connectivity index (χ0) is 32.0. The summed E-state index contributed by atoms with van der Waals surface area (Å²) in [6, 6.07) is 0. The average Bonchev–Trinajstić information content (AvgIpc) is 2.87. The summed E-state index contributed by atoms with van der Waals surface area (Å²) in [4.78, 5) is 10.6. The van der Waals surface area contributed by atoms with Crippen LogP contribution in [0.5, 0.6) is 0 Å². The van der Waals surface area contributed by atoms with Gasteiger partial charge in [0.05, 0.1) is 33.2 Å². The smallest absolute Gasteiger partial charge is 0.370 e. The third kappa shape index (κ3) is 24.5. The molecule has 0 N–H and O–H groups in total. The predicted molar refractivity (Wildman–Crippen MR) is 131 cm³/mol. The number of unbranched alkanes of at least 4 members (excludes halogenated alkanes) is 6. The molecular weight excluding hydrogens is 601 g/mol. The van der Waals surface area contributed by atoms with Crippen molar-refractivity contribution in [3.05, 3.63) is 0 Å². The molecule has 0 heterocycles. The lowest BCUT2D eigenvalue weighted by Crippen LogP contribution is -2.52. The van der Waals surface area contributed by atoms with Crippen molar-refractivity contribution < 1.29 is 72.3 Å². The molecule has 0 aliphatic carbocycles. The fourth-order valence-corrected chi connectivity index (χ4v) is 3.64. The molecule has 42 heavy (non-hydrogen) atoms. The van der Waals surface area contributed by atoms with E-state index in [4.69, 9.17) is 24.0 Å². The van der Waals surface area contributed by atoms with Gasteiger partial charge < -0.3 is 14.2 Å². The standard InChI is InChI=1S/C26H43F11O5/c27-16-5-1-2-8-21-41-42-26(39-19-7-3-6-17-28,40-20-9-4-13-23(29,30)31)22(12-10-14-24(32,33)34)38-18-11-15-25(35,36)37/h22H,1-21H2. The first kappa shape index (κ1) is 41.0. The first-order valence-corrected chi connectivity index (χ1v) is 14.2. The molecule has 16 heteroatoms. The number of halogens is 11. The minimum atomic E-state index is -4.56. The summed E-state index contributed by atoms with van der Waals surface area (Å²) in [7, 11) is 0. The van der Waals surface area contributed by atoms with Gasteiger partial charge in [0, 0.05) is 25.9 Å². The minimum absolute atomic E-state index is 0.111. The summed E-state index contributed by atoms with van der Waals surface area (Å²) < 4.78 is 156. The van der Waals surface area contributed by atoms with E-state index in [2.05, 4.69) is 0 Å². The van der Waals surface area contributed by atoms with Crippen molar-refractivity contribution in [3.8, 4) is 0 Å². The van der Waals surface area contributed by atoms with Crippen molar-refractivity contribution in [2.45, 2.75) is 127 Å². The Kier molecular flexibility index (Phi) is 22.0. The van der Waals surface area contributed by atoms with Crippen LogP contribution in [-0.4, -0.2) is 70.4 Å². The summed E-state index contributed by atoms with van der Waals surface area (Å²) in [5, 5.41) is 0. The Morgan fingerprint density at radius 2 is 0.905 bits per heavy atom. The molecule has 2 unspecified atom stereocenters. The molecule has 2 atom stereocenters. The van der Waals surface area contributed by atoms with Gasteiger partial charge in [-0.15, -0.1) is 0 Å². The van der Waals surface area contributed by atoms with Crippen molar-refractivity contribution >= 4 is 0 Å². The maximum atomic E-state index is 12.9. The van der Waals surface area contributed by atoms with Gasteiger partial charge in [0.15, 0.2) is 0 Å². The van der Waals surface area contributed by atoms with E-state index < -0.39 is 95.7 Å². The molecule has 0 radical (unpaired) electrons. The van der Waals surface area contributed by atoms with Gasteiger partial charge in [-0.05, 0) is 64.2 Å². The molecule has 0 fully saturated rings. The first-order valence-electron chi connectivity index (χ1n) is 14.2. The summed E-state index contributed by atoms with van der Waals surface area (Å²) in [6.45, 7) is -2.48. The van der Waals surface area contributed by atoms with Crippen molar-refractivity contribution in [1.29, 1.82) is 0 Å². The van der Waals surface area contributed by atoms with Crippen LogP contribution in [0.25, 0.3) is 0 Å². The molecule has 0 saturated carbocycles. The zero-order valence-electron chi connectivity index (χ0n) is 23.6. The van der Waals surface area contributed by atoms with Crippen molar-refractivity contribution in [1.82, 2.24) is 0 Å². The lowest BCUT2D eigenvalue weighted by Gasteiger charge is -2.38. The second-order valence-electron chi connectivity index (χ2n) is 9.72. The highest BCUT2D eigenvalue weighted by atomic mass is 19.4. The predicted octanol–water partition coefficient (Wildman–Crippen LogP) is 9.48. The van der Waals surface area contributed by atoms with Gasteiger partial charge in [0.2, 0.25) is 0 Å². The monoisotopic (exact) mass is 644 g/mol. The Labute approximate surface area is 239 Å². The molecule has 0 aromatic rings. The third-order valence-electron chi connectivity index (χ3n) is 5.77. The van der Waals surface area contributed by atoms with Gasteiger partial charge in [-0.25, -0.2) is 4.89 Å². The van der Waals surface area contributed by atoms with Crippen molar-refractivity contribution in [2.75, 3.05) is 39.8 Å². The fraction of sp³-hybridized carbons (Fsp3) is 1.00. The molecular formula is C26H43F11O5. The van der Waals surface area contributed by atoms with Crippen LogP contribution in [0.15, 0.2) is 0 Å². The SMILES string of the molecule is FCCCCCCOOC(OCCCCCF)(OCCCCC(F)(F)F)C(CCCC(F)(F)F)OCCCC(F)(F)F. The number of hydrogen-bond donors (Lipinski definition) is 0. The molecule has 0 rings (SSSR count). The van der Waals surface area contributed by atoms with Crippen LogP contribution in [0.3, 0.4) is 0 Å². The van der Waals surface area contributed by atoms with Gasteiger partial charge in [-0.1, -0.05) is 12.8 Å². The van der Waals surface area contributed by atoms with E-state index in [9.17, 15) is 48.3 Å². The molecule has 0 saturated heterocycles. The fourth-order valence-electron chi connectivity index (χ4n) is 3.64. The molecule has 0 spiro atoms. The number of hydrogen-bond acceptors (Lipinski definition) is 5. The van der Waals surface area contributed by atoms with Gasteiger partial charge in [-0.2, -0.15) is 44.4 Å².